The highest BCUT2D eigenvalue weighted by Gasteiger charge is 2.19. The van der Waals surface area contributed by atoms with Gasteiger partial charge in [0.05, 0.1) is 13.2 Å². The van der Waals surface area contributed by atoms with Crippen LogP contribution in [0.4, 0.5) is 0 Å². The lowest BCUT2D eigenvalue weighted by molar-refractivity contribution is -0.150. The number of esters is 1. The molecule has 0 bridgehead atoms. The molecule has 0 saturated carbocycles. The number of carbonyl (C=O) groups is 4. The Bertz CT molecular complexity index is 895. The van der Waals surface area contributed by atoms with Crippen LogP contribution in [0.2, 0.25) is 0 Å². The minimum Gasteiger partial charge on any atom is -0.480 e. The summed E-state index contributed by atoms with van der Waals surface area (Å²) in [7, 11) is 0. The maximum Gasteiger partial charge on any atom is 0.328 e. The molecule has 2 unspecified atom stereocenters. The van der Waals surface area contributed by atoms with Gasteiger partial charge in [0.1, 0.15) is 12.1 Å². The Morgan fingerprint density at radius 3 is 1.44 bits per heavy atom. The number of nitrogens with one attached hydrogen (secondary N) is 2. The average molecular weight is 737 g/mol. The van der Waals surface area contributed by atoms with Gasteiger partial charge in [-0.25, -0.2) is 4.79 Å². The Labute approximate surface area is 318 Å². The third kappa shape index (κ3) is 34.7. The second-order valence-corrected chi connectivity index (χ2v) is 14.8. The molecular formula is C43H80N2O7. The molecule has 0 aromatic rings. The predicted octanol–water partition coefficient (Wildman–Crippen LogP) is 10.3. The van der Waals surface area contributed by atoms with Gasteiger partial charge < -0.3 is 25.6 Å². The van der Waals surface area contributed by atoms with Crippen molar-refractivity contribution in [1.29, 1.82) is 0 Å². The number of unbranched alkanes of at least 4 members (excludes halogenated alkanes) is 23. The highest BCUT2D eigenvalue weighted by atomic mass is 16.5. The van der Waals surface area contributed by atoms with Crippen molar-refractivity contribution < 1.29 is 34.1 Å². The van der Waals surface area contributed by atoms with Gasteiger partial charge in [0, 0.05) is 12.8 Å². The highest BCUT2D eigenvalue weighted by molar-refractivity contribution is 5.87. The van der Waals surface area contributed by atoms with Crippen molar-refractivity contribution in [2.75, 3.05) is 13.2 Å². The molecule has 304 valence electrons. The second kappa shape index (κ2) is 38.3. The molecule has 52 heavy (non-hydrogen) atoms. The number of carbonyl (C=O) groups excluding carboxylic acids is 3. The molecule has 9 heteroatoms. The first-order valence-corrected chi connectivity index (χ1v) is 21.6. The van der Waals surface area contributed by atoms with E-state index in [1.54, 1.807) is 0 Å². The zero-order valence-electron chi connectivity index (χ0n) is 33.6. The lowest BCUT2D eigenvalue weighted by atomic mass is 10.0. The van der Waals surface area contributed by atoms with Gasteiger partial charge in [-0.15, -0.1) is 0 Å². The third-order valence-electron chi connectivity index (χ3n) is 9.76. The molecule has 0 aliphatic heterocycles. The van der Waals surface area contributed by atoms with Crippen LogP contribution in [0.5, 0.6) is 0 Å². The fourth-order valence-corrected chi connectivity index (χ4v) is 6.42. The maximum atomic E-state index is 12.7. The fraction of sp³-hybridized carbons (Fsp3) is 0.860. The van der Waals surface area contributed by atoms with Crippen LogP contribution in [0.1, 0.15) is 213 Å². The monoisotopic (exact) mass is 737 g/mol. The van der Waals surface area contributed by atoms with Crippen LogP contribution in [0.3, 0.4) is 0 Å². The molecule has 0 radical (unpaired) electrons. The summed E-state index contributed by atoms with van der Waals surface area (Å²) in [5.41, 5.74) is 0. The summed E-state index contributed by atoms with van der Waals surface area (Å²) in [6.45, 7) is 3.45. The van der Waals surface area contributed by atoms with Crippen LogP contribution in [0.25, 0.3) is 0 Å². The summed E-state index contributed by atoms with van der Waals surface area (Å²) in [6.07, 6.45) is 39.7. The van der Waals surface area contributed by atoms with Crippen LogP contribution in [-0.4, -0.2) is 59.3 Å². The van der Waals surface area contributed by atoms with E-state index in [0.29, 0.717) is 12.8 Å². The SMILES string of the molecule is CCCCCCCC/C=C\CCCCCCCCCCCC(=O)OC(CCCCCCCC)CCCCCCC(=O)NCC(=O)NC(CO)C(=O)O. The summed E-state index contributed by atoms with van der Waals surface area (Å²) >= 11 is 0. The first-order chi connectivity index (χ1) is 25.3. The Morgan fingerprint density at radius 2 is 0.981 bits per heavy atom. The number of amides is 2. The van der Waals surface area contributed by atoms with Crippen molar-refractivity contribution in [2.45, 2.75) is 225 Å². The quantitative estimate of drug-likeness (QED) is 0.0279. The number of aliphatic hydroxyl groups excluding tert-OH is 1. The molecule has 0 rings (SSSR count). The van der Waals surface area contributed by atoms with E-state index >= 15 is 0 Å². The van der Waals surface area contributed by atoms with Crippen LogP contribution in [-0.2, 0) is 23.9 Å². The maximum absolute atomic E-state index is 12.7. The number of rotatable bonds is 39. The number of hydrogen-bond acceptors (Lipinski definition) is 6. The van der Waals surface area contributed by atoms with Crippen molar-refractivity contribution in [2.24, 2.45) is 0 Å². The van der Waals surface area contributed by atoms with Gasteiger partial charge in [0.15, 0.2) is 0 Å². The molecule has 0 aliphatic carbocycles. The summed E-state index contributed by atoms with van der Waals surface area (Å²) in [6, 6.07) is -1.38. The summed E-state index contributed by atoms with van der Waals surface area (Å²) in [5.74, 6) is -2.32. The van der Waals surface area contributed by atoms with Crippen molar-refractivity contribution in [3.8, 4) is 0 Å². The Balaban J connectivity index is 4.05. The molecule has 2 amide bonds. The van der Waals surface area contributed by atoms with E-state index in [1.165, 1.54) is 128 Å². The number of allylic oxidation sites excluding steroid dienone is 2. The smallest absolute Gasteiger partial charge is 0.328 e. The molecule has 0 saturated heterocycles. The Hall–Kier alpha value is -2.42. The van der Waals surface area contributed by atoms with Crippen LogP contribution >= 0.6 is 0 Å². The van der Waals surface area contributed by atoms with Crippen LogP contribution < -0.4 is 10.6 Å². The largest absolute Gasteiger partial charge is 0.480 e. The van der Waals surface area contributed by atoms with E-state index in [2.05, 4.69) is 36.6 Å². The van der Waals surface area contributed by atoms with Crippen molar-refractivity contribution in [1.82, 2.24) is 10.6 Å². The van der Waals surface area contributed by atoms with Gasteiger partial charge in [0.25, 0.3) is 0 Å². The third-order valence-corrected chi connectivity index (χ3v) is 9.76. The van der Waals surface area contributed by atoms with E-state index in [4.69, 9.17) is 14.9 Å². The van der Waals surface area contributed by atoms with Gasteiger partial charge in [-0.1, -0.05) is 148 Å². The van der Waals surface area contributed by atoms with Gasteiger partial charge in [-0.3, -0.25) is 14.4 Å². The minimum absolute atomic E-state index is 0.0372. The zero-order chi connectivity index (χ0) is 38.3. The van der Waals surface area contributed by atoms with E-state index in [-0.39, 0.29) is 30.9 Å². The number of carboxylic acids is 1. The first kappa shape index (κ1) is 49.6. The molecule has 0 heterocycles. The molecule has 2 atom stereocenters. The molecule has 0 aromatic heterocycles. The number of aliphatic carboxylic acids is 1. The molecule has 0 aromatic carbocycles. The lowest BCUT2D eigenvalue weighted by Gasteiger charge is -2.18. The molecule has 4 N–H and O–H groups in total. The lowest BCUT2D eigenvalue weighted by Crippen LogP contribution is -2.47. The molecule has 0 spiro atoms. The van der Waals surface area contributed by atoms with Crippen LogP contribution in [0, 0.1) is 0 Å². The number of aliphatic hydroxyl groups is 1. The highest BCUT2D eigenvalue weighted by Crippen LogP contribution is 2.18. The Morgan fingerprint density at radius 1 is 0.558 bits per heavy atom. The Kier molecular flexibility index (Phi) is 36.5. The second-order valence-electron chi connectivity index (χ2n) is 14.8. The van der Waals surface area contributed by atoms with E-state index < -0.39 is 24.5 Å². The van der Waals surface area contributed by atoms with Crippen LogP contribution in [0.15, 0.2) is 12.2 Å². The van der Waals surface area contributed by atoms with E-state index in [9.17, 15) is 19.2 Å². The number of hydrogen-bond donors (Lipinski definition) is 4. The normalized spacial score (nSPS) is 12.5. The van der Waals surface area contributed by atoms with Crippen molar-refractivity contribution >= 4 is 23.8 Å². The van der Waals surface area contributed by atoms with Gasteiger partial charge in [-0.2, -0.15) is 0 Å². The predicted molar refractivity (Wildman–Crippen MR) is 213 cm³/mol. The molecular weight excluding hydrogens is 656 g/mol. The summed E-state index contributed by atoms with van der Waals surface area (Å²) in [5, 5.41) is 22.5. The fourth-order valence-electron chi connectivity index (χ4n) is 6.42. The van der Waals surface area contributed by atoms with Crippen molar-refractivity contribution in [3.05, 3.63) is 12.2 Å². The average Bonchev–Trinajstić information content (AvgIpc) is 3.13. The summed E-state index contributed by atoms with van der Waals surface area (Å²) < 4.78 is 5.97. The zero-order valence-corrected chi connectivity index (χ0v) is 33.6. The van der Waals surface area contributed by atoms with E-state index in [1.807, 2.05) is 0 Å². The summed E-state index contributed by atoms with van der Waals surface area (Å²) in [4.78, 5) is 47.4. The minimum atomic E-state index is -1.38. The first-order valence-electron chi connectivity index (χ1n) is 21.6. The topological polar surface area (TPSA) is 142 Å². The van der Waals surface area contributed by atoms with Gasteiger partial charge in [0.2, 0.25) is 11.8 Å². The molecule has 0 fully saturated rings. The molecule has 0 aliphatic rings. The van der Waals surface area contributed by atoms with Gasteiger partial charge >= 0.3 is 11.9 Å². The number of carboxylic acid groups (broad SMARTS) is 1. The van der Waals surface area contributed by atoms with Gasteiger partial charge in [-0.05, 0) is 64.2 Å². The van der Waals surface area contributed by atoms with Crippen molar-refractivity contribution in [3.63, 3.8) is 0 Å². The molecule has 9 nitrogen and oxygen atoms in total. The standard InChI is InChI=1S/C43H80N2O7/c1-3-5-7-9-11-12-13-14-15-16-17-18-19-20-21-22-23-25-31-35-42(49)52-38(32-28-24-10-8-6-4-2)33-29-26-27-30-34-40(47)44-36-41(48)45-39(37-46)43(50)51/h14-15,38-39,46H,3-13,16-37H2,1-2H3,(H,44,47)(H,45,48)(H,50,51)/b15-14-. The van der Waals surface area contributed by atoms with E-state index in [0.717, 1.165) is 51.4 Å². The number of ether oxygens (including phenoxy) is 1.